The van der Waals surface area contributed by atoms with Crippen LogP contribution in [0.25, 0.3) is 0 Å². The van der Waals surface area contributed by atoms with Crippen molar-refractivity contribution < 1.29 is 8.42 Å². The zero-order chi connectivity index (χ0) is 14.8. The van der Waals surface area contributed by atoms with E-state index >= 15 is 0 Å². The van der Waals surface area contributed by atoms with Crippen molar-refractivity contribution in [3.05, 3.63) is 11.4 Å². The van der Waals surface area contributed by atoms with E-state index in [1.807, 2.05) is 6.92 Å². The molecule has 0 bridgehead atoms. The fraction of sp³-hybridized carbons (Fsp3) is 0.769. The second-order valence-electron chi connectivity index (χ2n) is 5.55. The van der Waals surface area contributed by atoms with Gasteiger partial charge in [-0.1, -0.05) is 6.92 Å². The molecule has 0 radical (unpaired) electrons. The van der Waals surface area contributed by atoms with Gasteiger partial charge in [-0.3, -0.25) is 5.10 Å². The molecule has 1 aromatic heterocycles. The van der Waals surface area contributed by atoms with Crippen LogP contribution in [0, 0.1) is 12.8 Å². The highest BCUT2D eigenvalue weighted by molar-refractivity contribution is 7.89. The molecule has 1 saturated carbocycles. The first-order valence-electron chi connectivity index (χ1n) is 7.22. The van der Waals surface area contributed by atoms with E-state index < -0.39 is 10.0 Å². The number of aromatic amines is 1. The van der Waals surface area contributed by atoms with Gasteiger partial charge in [0.25, 0.3) is 0 Å². The number of nitrogens with one attached hydrogen (secondary N) is 3. The summed E-state index contributed by atoms with van der Waals surface area (Å²) < 4.78 is 27.8. The summed E-state index contributed by atoms with van der Waals surface area (Å²) in [6.45, 7) is 7.05. The Labute approximate surface area is 120 Å². The second kappa shape index (κ2) is 6.24. The molecule has 6 nitrogen and oxygen atoms in total. The van der Waals surface area contributed by atoms with Crippen molar-refractivity contribution in [2.45, 2.75) is 57.5 Å². The van der Waals surface area contributed by atoms with Crippen molar-refractivity contribution >= 4 is 10.0 Å². The van der Waals surface area contributed by atoms with E-state index in [-0.39, 0.29) is 6.04 Å². The molecule has 3 N–H and O–H groups in total. The van der Waals surface area contributed by atoms with Gasteiger partial charge in [0, 0.05) is 12.6 Å². The number of sulfonamides is 1. The molecule has 0 spiro atoms. The lowest BCUT2D eigenvalue weighted by Crippen LogP contribution is -2.35. The van der Waals surface area contributed by atoms with E-state index in [0.29, 0.717) is 28.7 Å². The first-order chi connectivity index (χ1) is 9.45. The minimum Gasteiger partial charge on any atom is -0.311 e. The Hall–Kier alpha value is -0.920. The summed E-state index contributed by atoms with van der Waals surface area (Å²) in [5, 5.41) is 10.1. The van der Waals surface area contributed by atoms with E-state index in [0.717, 1.165) is 25.8 Å². The Morgan fingerprint density at radius 1 is 1.45 bits per heavy atom. The lowest BCUT2D eigenvalue weighted by Gasteiger charge is -2.14. The van der Waals surface area contributed by atoms with Crippen molar-refractivity contribution in [3.8, 4) is 0 Å². The standard InChI is InChI=1S/C13H24N4O2S/c1-4-7-14-8-12-13(10(3)15-16-12)20(18,19)17-9(2)11-5-6-11/h9,11,14,17H,4-8H2,1-3H3,(H,15,16). The zero-order valence-electron chi connectivity index (χ0n) is 12.4. The van der Waals surface area contributed by atoms with Gasteiger partial charge in [0.2, 0.25) is 10.0 Å². The molecule has 1 heterocycles. The van der Waals surface area contributed by atoms with Crippen molar-refractivity contribution in [2.75, 3.05) is 6.54 Å². The molecule has 0 saturated heterocycles. The van der Waals surface area contributed by atoms with Crippen molar-refractivity contribution in [1.29, 1.82) is 0 Å². The zero-order valence-corrected chi connectivity index (χ0v) is 13.2. The number of H-pyrrole nitrogens is 1. The van der Waals surface area contributed by atoms with Crippen molar-refractivity contribution in [1.82, 2.24) is 20.2 Å². The summed E-state index contributed by atoms with van der Waals surface area (Å²) in [5.41, 5.74) is 1.15. The van der Waals surface area contributed by atoms with Crippen LogP contribution in [0.1, 0.15) is 44.5 Å². The molecular formula is C13H24N4O2S. The molecule has 0 amide bonds. The summed E-state index contributed by atoms with van der Waals surface area (Å²) in [6, 6.07) is -0.00856. The van der Waals surface area contributed by atoms with Crippen LogP contribution < -0.4 is 10.0 Å². The van der Waals surface area contributed by atoms with Crippen LogP contribution in [0.4, 0.5) is 0 Å². The van der Waals surface area contributed by atoms with Crippen LogP contribution in [0.5, 0.6) is 0 Å². The molecule has 20 heavy (non-hydrogen) atoms. The molecule has 1 unspecified atom stereocenters. The Kier molecular flexibility index (Phi) is 4.82. The largest absolute Gasteiger partial charge is 0.311 e. The maximum atomic E-state index is 12.5. The molecule has 114 valence electrons. The van der Waals surface area contributed by atoms with E-state index in [9.17, 15) is 8.42 Å². The predicted molar refractivity (Wildman–Crippen MR) is 77.8 cm³/mol. The Morgan fingerprint density at radius 2 is 2.15 bits per heavy atom. The quantitative estimate of drug-likeness (QED) is 0.631. The number of hydrogen-bond donors (Lipinski definition) is 3. The molecule has 1 aliphatic rings. The lowest BCUT2D eigenvalue weighted by molar-refractivity contribution is 0.536. The van der Waals surface area contributed by atoms with Gasteiger partial charge in [-0.15, -0.1) is 0 Å². The van der Waals surface area contributed by atoms with Crippen LogP contribution in [-0.2, 0) is 16.6 Å². The average Bonchev–Trinajstić information content (AvgIpc) is 3.14. The Morgan fingerprint density at radius 3 is 2.75 bits per heavy atom. The SMILES string of the molecule is CCCNCc1n[nH]c(C)c1S(=O)(=O)NC(C)C1CC1. The van der Waals surface area contributed by atoms with Gasteiger partial charge in [-0.05, 0) is 45.6 Å². The van der Waals surface area contributed by atoms with E-state index in [1.54, 1.807) is 6.92 Å². The van der Waals surface area contributed by atoms with E-state index in [4.69, 9.17) is 0 Å². The summed E-state index contributed by atoms with van der Waals surface area (Å²) in [5.74, 6) is 0.485. The Balaban J connectivity index is 2.14. The molecule has 1 atom stereocenters. The minimum absolute atomic E-state index is 0.00856. The molecule has 2 rings (SSSR count). The highest BCUT2D eigenvalue weighted by atomic mass is 32.2. The number of rotatable bonds is 8. The third-order valence-electron chi connectivity index (χ3n) is 3.62. The van der Waals surface area contributed by atoms with Gasteiger partial charge >= 0.3 is 0 Å². The van der Waals surface area contributed by atoms with Crippen LogP contribution in [0.2, 0.25) is 0 Å². The van der Waals surface area contributed by atoms with Gasteiger partial charge in [0.05, 0.1) is 11.4 Å². The molecule has 7 heteroatoms. The van der Waals surface area contributed by atoms with Crippen LogP contribution in [0.3, 0.4) is 0 Å². The highest BCUT2D eigenvalue weighted by Gasteiger charge is 2.33. The number of aryl methyl sites for hydroxylation is 1. The number of nitrogens with zero attached hydrogens (tertiary/aromatic N) is 1. The van der Waals surface area contributed by atoms with Crippen LogP contribution >= 0.6 is 0 Å². The van der Waals surface area contributed by atoms with Gasteiger partial charge < -0.3 is 5.32 Å². The minimum atomic E-state index is -3.50. The number of aromatic nitrogens is 2. The summed E-state index contributed by atoms with van der Waals surface area (Å²) in [7, 11) is -3.50. The summed E-state index contributed by atoms with van der Waals surface area (Å²) in [6.07, 6.45) is 3.22. The summed E-state index contributed by atoms with van der Waals surface area (Å²) >= 11 is 0. The van der Waals surface area contributed by atoms with E-state index in [2.05, 4.69) is 27.2 Å². The average molecular weight is 300 g/mol. The highest BCUT2D eigenvalue weighted by Crippen LogP contribution is 2.33. The number of hydrogen-bond acceptors (Lipinski definition) is 4. The van der Waals surface area contributed by atoms with Gasteiger partial charge in [-0.2, -0.15) is 5.10 Å². The van der Waals surface area contributed by atoms with Crippen LogP contribution in [-0.4, -0.2) is 31.2 Å². The maximum Gasteiger partial charge on any atom is 0.244 e. The normalized spacial score (nSPS) is 17.4. The van der Waals surface area contributed by atoms with Gasteiger partial charge in [0.15, 0.2) is 0 Å². The van der Waals surface area contributed by atoms with Crippen molar-refractivity contribution in [2.24, 2.45) is 5.92 Å². The third-order valence-corrected chi connectivity index (χ3v) is 5.38. The third kappa shape index (κ3) is 3.59. The van der Waals surface area contributed by atoms with Gasteiger partial charge in [-0.25, -0.2) is 13.1 Å². The van der Waals surface area contributed by atoms with Crippen LogP contribution in [0.15, 0.2) is 4.90 Å². The first kappa shape index (κ1) is 15.5. The second-order valence-corrected chi connectivity index (χ2v) is 7.20. The molecule has 0 aromatic carbocycles. The molecule has 1 fully saturated rings. The fourth-order valence-electron chi connectivity index (χ4n) is 2.33. The first-order valence-corrected chi connectivity index (χ1v) is 8.71. The predicted octanol–water partition coefficient (Wildman–Crippen LogP) is 1.29. The van der Waals surface area contributed by atoms with E-state index in [1.165, 1.54) is 0 Å². The Bertz CT molecular complexity index is 549. The maximum absolute atomic E-state index is 12.5. The molecule has 1 aliphatic carbocycles. The topological polar surface area (TPSA) is 86.9 Å². The molecule has 1 aromatic rings. The fourth-order valence-corrected chi connectivity index (χ4v) is 4.00. The smallest absolute Gasteiger partial charge is 0.244 e. The molecule has 0 aliphatic heterocycles. The monoisotopic (exact) mass is 300 g/mol. The summed E-state index contributed by atoms with van der Waals surface area (Å²) in [4.78, 5) is 0.300. The molecular weight excluding hydrogens is 276 g/mol. The van der Waals surface area contributed by atoms with Gasteiger partial charge in [0.1, 0.15) is 4.90 Å². The lowest BCUT2D eigenvalue weighted by atomic mass is 10.2. The van der Waals surface area contributed by atoms with Crippen molar-refractivity contribution in [3.63, 3.8) is 0 Å².